The van der Waals surface area contributed by atoms with Crippen molar-refractivity contribution in [3.63, 3.8) is 0 Å². The molecule has 0 bridgehead atoms. The van der Waals surface area contributed by atoms with Crippen LogP contribution in [-0.2, 0) is 4.79 Å². The molecule has 0 saturated carbocycles. The molecule has 0 aliphatic heterocycles. The zero-order valence-electron chi connectivity index (χ0n) is 10.6. The van der Waals surface area contributed by atoms with Gasteiger partial charge >= 0.3 is 5.97 Å². The van der Waals surface area contributed by atoms with Crippen molar-refractivity contribution in [3.8, 4) is 11.5 Å². The quantitative estimate of drug-likeness (QED) is 0.476. The molecule has 0 N–H and O–H groups in total. The molecule has 2 aromatic carbocycles. The standard InChI is InChI=1S/C15H13BO3/c1-18-12-7-9-13(10-8-12)19-15(17)14(16)11-5-3-2-4-6-11/h2-10,14H,1H3/t14-/m1/s1. The maximum absolute atomic E-state index is 11.9. The first-order chi connectivity index (χ1) is 9.20. The van der Waals surface area contributed by atoms with E-state index in [1.54, 1.807) is 43.5 Å². The van der Waals surface area contributed by atoms with Crippen LogP contribution in [0.25, 0.3) is 0 Å². The Bertz CT molecular complexity index is 537. The number of hydrogen-bond acceptors (Lipinski definition) is 3. The fourth-order valence-corrected chi connectivity index (χ4v) is 1.62. The molecule has 3 nitrogen and oxygen atoms in total. The SMILES string of the molecule is [B][C@@H](C(=O)Oc1ccc(OC)cc1)c1ccccc1. The van der Waals surface area contributed by atoms with E-state index in [0.29, 0.717) is 11.5 Å². The van der Waals surface area contributed by atoms with Crippen LogP contribution in [0.1, 0.15) is 11.4 Å². The molecule has 0 amide bonds. The lowest BCUT2D eigenvalue weighted by atomic mass is 9.81. The van der Waals surface area contributed by atoms with Crippen molar-refractivity contribution in [2.75, 3.05) is 7.11 Å². The summed E-state index contributed by atoms with van der Waals surface area (Å²) < 4.78 is 10.2. The van der Waals surface area contributed by atoms with Crippen LogP contribution in [0, 0.1) is 0 Å². The number of hydrogen-bond donors (Lipinski definition) is 0. The summed E-state index contributed by atoms with van der Waals surface area (Å²) in [5.41, 5.74) is 0.723. The second kappa shape index (κ2) is 6.09. The number of benzene rings is 2. The highest BCUT2D eigenvalue weighted by Crippen LogP contribution is 2.20. The minimum Gasteiger partial charge on any atom is -0.497 e. The Kier molecular flexibility index (Phi) is 4.24. The lowest BCUT2D eigenvalue weighted by Crippen LogP contribution is -2.18. The normalized spacial score (nSPS) is 11.6. The van der Waals surface area contributed by atoms with E-state index in [1.165, 1.54) is 0 Å². The van der Waals surface area contributed by atoms with Gasteiger partial charge in [0.2, 0.25) is 0 Å². The molecule has 0 spiro atoms. The van der Waals surface area contributed by atoms with Gasteiger partial charge < -0.3 is 9.47 Å². The summed E-state index contributed by atoms with van der Waals surface area (Å²) in [5, 5.41) is 0. The van der Waals surface area contributed by atoms with E-state index in [4.69, 9.17) is 17.3 Å². The number of methoxy groups -OCH3 is 1. The van der Waals surface area contributed by atoms with Gasteiger partial charge in [-0.2, -0.15) is 0 Å². The van der Waals surface area contributed by atoms with Gasteiger partial charge in [0, 0.05) is 5.82 Å². The van der Waals surface area contributed by atoms with Crippen LogP contribution in [-0.4, -0.2) is 20.9 Å². The van der Waals surface area contributed by atoms with Crippen molar-refractivity contribution in [3.05, 3.63) is 60.2 Å². The van der Waals surface area contributed by atoms with E-state index in [0.717, 1.165) is 5.56 Å². The Morgan fingerprint density at radius 3 is 2.16 bits per heavy atom. The molecule has 0 fully saturated rings. The van der Waals surface area contributed by atoms with Crippen molar-refractivity contribution in [2.45, 2.75) is 5.82 Å². The van der Waals surface area contributed by atoms with Crippen molar-refractivity contribution < 1.29 is 14.3 Å². The van der Waals surface area contributed by atoms with Crippen LogP contribution >= 0.6 is 0 Å². The Balaban J connectivity index is 2.04. The average Bonchev–Trinajstić information content (AvgIpc) is 2.48. The van der Waals surface area contributed by atoms with Crippen LogP contribution in [0.5, 0.6) is 11.5 Å². The highest BCUT2D eigenvalue weighted by molar-refractivity contribution is 6.23. The minimum atomic E-state index is -0.789. The first kappa shape index (κ1) is 13.2. The fourth-order valence-electron chi connectivity index (χ4n) is 1.62. The lowest BCUT2D eigenvalue weighted by Gasteiger charge is -2.12. The molecule has 1 atom stereocenters. The number of carbonyl (C=O) groups excluding carboxylic acids is 1. The number of ether oxygens (including phenoxy) is 2. The summed E-state index contributed by atoms with van der Waals surface area (Å²) in [4.78, 5) is 11.9. The Hall–Kier alpha value is -2.23. The molecule has 2 aromatic rings. The van der Waals surface area contributed by atoms with Crippen molar-refractivity contribution in [2.24, 2.45) is 0 Å². The van der Waals surface area contributed by atoms with Gasteiger partial charge in [0.25, 0.3) is 0 Å². The van der Waals surface area contributed by atoms with Crippen LogP contribution in [0.3, 0.4) is 0 Å². The molecule has 2 rings (SSSR count). The largest absolute Gasteiger partial charge is 0.497 e. The molecule has 0 aliphatic carbocycles. The van der Waals surface area contributed by atoms with E-state index in [1.807, 2.05) is 18.2 Å². The third kappa shape index (κ3) is 3.38. The van der Waals surface area contributed by atoms with Crippen molar-refractivity contribution >= 4 is 13.8 Å². The summed E-state index contributed by atoms with van der Waals surface area (Å²) >= 11 is 0. The summed E-state index contributed by atoms with van der Waals surface area (Å²) in [7, 11) is 7.42. The highest BCUT2D eigenvalue weighted by Gasteiger charge is 2.16. The maximum Gasteiger partial charge on any atom is 0.309 e. The van der Waals surface area contributed by atoms with E-state index < -0.39 is 11.8 Å². The maximum atomic E-state index is 11.9. The third-order valence-electron chi connectivity index (χ3n) is 2.69. The lowest BCUT2D eigenvalue weighted by molar-refractivity contribution is -0.134. The summed E-state index contributed by atoms with van der Waals surface area (Å²) in [6.45, 7) is 0. The summed E-state index contributed by atoms with van der Waals surface area (Å²) in [6, 6.07) is 15.9. The van der Waals surface area contributed by atoms with E-state index >= 15 is 0 Å². The van der Waals surface area contributed by atoms with Gasteiger partial charge in [-0.3, -0.25) is 4.79 Å². The van der Waals surface area contributed by atoms with Crippen molar-refractivity contribution in [1.82, 2.24) is 0 Å². The number of rotatable bonds is 4. The molecule has 4 heteroatoms. The predicted octanol–water partition coefficient (Wildman–Crippen LogP) is 2.51. The minimum absolute atomic E-state index is 0.442. The summed E-state index contributed by atoms with van der Waals surface area (Å²) in [6.07, 6.45) is 0. The first-order valence-corrected chi connectivity index (χ1v) is 5.87. The molecule has 2 radical (unpaired) electrons. The monoisotopic (exact) mass is 252 g/mol. The molecule has 19 heavy (non-hydrogen) atoms. The average molecular weight is 252 g/mol. The highest BCUT2D eigenvalue weighted by atomic mass is 16.5. The fraction of sp³-hybridized carbons (Fsp3) is 0.133. The topological polar surface area (TPSA) is 35.5 Å². The van der Waals surface area contributed by atoms with Gasteiger partial charge in [-0.05, 0) is 29.8 Å². The second-order valence-corrected chi connectivity index (χ2v) is 3.98. The van der Waals surface area contributed by atoms with E-state index in [9.17, 15) is 4.79 Å². The predicted molar refractivity (Wildman–Crippen MR) is 73.6 cm³/mol. The van der Waals surface area contributed by atoms with Gasteiger partial charge in [0.05, 0.1) is 15.0 Å². The second-order valence-electron chi connectivity index (χ2n) is 3.98. The number of esters is 1. The molecule has 0 aliphatic rings. The molecule has 0 unspecified atom stereocenters. The molecular formula is C15H13BO3. The Labute approximate surface area is 113 Å². The Morgan fingerprint density at radius 1 is 1.00 bits per heavy atom. The van der Waals surface area contributed by atoms with Gasteiger partial charge in [0.15, 0.2) is 0 Å². The van der Waals surface area contributed by atoms with E-state index in [2.05, 4.69) is 0 Å². The van der Waals surface area contributed by atoms with Gasteiger partial charge in [-0.25, -0.2) is 0 Å². The number of carbonyl (C=O) groups is 1. The molecule has 0 saturated heterocycles. The van der Waals surface area contributed by atoms with E-state index in [-0.39, 0.29) is 0 Å². The van der Waals surface area contributed by atoms with Crippen LogP contribution in [0.15, 0.2) is 54.6 Å². The van der Waals surface area contributed by atoms with Crippen LogP contribution in [0.4, 0.5) is 0 Å². The molecule has 0 heterocycles. The van der Waals surface area contributed by atoms with Crippen LogP contribution in [0.2, 0.25) is 0 Å². The Morgan fingerprint density at radius 2 is 1.58 bits per heavy atom. The summed E-state index contributed by atoms with van der Waals surface area (Å²) in [5.74, 6) is -0.135. The third-order valence-corrected chi connectivity index (χ3v) is 2.69. The van der Waals surface area contributed by atoms with Gasteiger partial charge in [-0.15, -0.1) is 0 Å². The molecule has 0 aromatic heterocycles. The zero-order valence-corrected chi connectivity index (χ0v) is 10.6. The van der Waals surface area contributed by atoms with Crippen LogP contribution < -0.4 is 9.47 Å². The van der Waals surface area contributed by atoms with Gasteiger partial charge in [0.1, 0.15) is 11.5 Å². The smallest absolute Gasteiger partial charge is 0.309 e. The molecule has 94 valence electrons. The first-order valence-electron chi connectivity index (χ1n) is 5.87. The molecular weight excluding hydrogens is 239 g/mol. The zero-order chi connectivity index (χ0) is 13.7. The van der Waals surface area contributed by atoms with Crippen molar-refractivity contribution in [1.29, 1.82) is 0 Å². The van der Waals surface area contributed by atoms with Gasteiger partial charge in [-0.1, -0.05) is 30.3 Å².